The Bertz CT molecular complexity index is 679. The van der Waals surface area contributed by atoms with Gasteiger partial charge in [0.25, 0.3) is 5.91 Å². The zero-order chi connectivity index (χ0) is 16.3. The Labute approximate surface area is 125 Å². The minimum Gasteiger partial charge on any atom is -0.496 e. The summed E-state index contributed by atoms with van der Waals surface area (Å²) in [5.41, 5.74) is 0.460. The quantitative estimate of drug-likeness (QED) is 0.919. The van der Waals surface area contributed by atoms with Gasteiger partial charge in [-0.25, -0.2) is 0 Å². The molecule has 0 aromatic heterocycles. The molecule has 1 N–H and O–H groups in total. The predicted octanol–water partition coefficient (Wildman–Crippen LogP) is 4.27. The molecular formula is C16H14F3NO2. The number of benzene rings is 2. The van der Waals surface area contributed by atoms with Crippen LogP contribution in [0.1, 0.15) is 21.5 Å². The van der Waals surface area contributed by atoms with Gasteiger partial charge in [-0.1, -0.05) is 17.7 Å². The standard InChI is InChI=1S/C16H14F3NO2/c1-10-3-6-12(7-4-10)20-15(21)11-5-8-14(22-2)13(9-11)16(17,18)19/h3-9H,1-2H3,(H,20,21). The van der Waals surface area contributed by atoms with Crippen LogP contribution >= 0.6 is 0 Å². The molecule has 3 nitrogen and oxygen atoms in total. The van der Waals surface area contributed by atoms with Crippen LogP contribution in [0.25, 0.3) is 0 Å². The molecule has 0 atom stereocenters. The average molecular weight is 309 g/mol. The number of carbonyl (C=O) groups excluding carboxylic acids is 1. The number of nitrogens with one attached hydrogen (secondary N) is 1. The normalized spacial score (nSPS) is 11.1. The van der Waals surface area contributed by atoms with Crippen LogP contribution in [0, 0.1) is 6.92 Å². The van der Waals surface area contributed by atoms with Crippen molar-refractivity contribution in [2.24, 2.45) is 0 Å². The van der Waals surface area contributed by atoms with Crippen LogP contribution in [0.4, 0.5) is 18.9 Å². The summed E-state index contributed by atoms with van der Waals surface area (Å²) in [4.78, 5) is 12.1. The molecule has 0 saturated carbocycles. The van der Waals surface area contributed by atoms with Gasteiger partial charge in [-0.15, -0.1) is 0 Å². The van der Waals surface area contributed by atoms with Crippen molar-refractivity contribution in [1.82, 2.24) is 0 Å². The lowest BCUT2D eigenvalue weighted by molar-refractivity contribution is -0.138. The summed E-state index contributed by atoms with van der Waals surface area (Å²) in [7, 11) is 1.15. The van der Waals surface area contributed by atoms with Crippen molar-refractivity contribution < 1.29 is 22.7 Å². The molecule has 0 radical (unpaired) electrons. The first-order valence-corrected chi connectivity index (χ1v) is 6.44. The third-order valence-corrected chi connectivity index (χ3v) is 3.08. The first kappa shape index (κ1) is 15.9. The van der Waals surface area contributed by atoms with Crippen molar-refractivity contribution >= 4 is 11.6 Å². The molecule has 2 rings (SSSR count). The third-order valence-electron chi connectivity index (χ3n) is 3.08. The first-order valence-electron chi connectivity index (χ1n) is 6.44. The summed E-state index contributed by atoms with van der Waals surface area (Å²) in [6, 6.07) is 10.2. The van der Waals surface area contributed by atoms with Crippen molar-refractivity contribution in [3.05, 3.63) is 59.2 Å². The van der Waals surface area contributed by atoms with E-state index < -0.39 is 17.6 Å². The number of methoxy groups -OCH3 is 1. The van der Waals surface area contributed by atoms with E-state index in [0.29, 0.717) is 5.69 Å². The van der Waals surface area contributed by atoms with Crippen LogP contribution in [-0.4, -0.2) is 13.0 Å². The third kappa shape index (κ3) is 3.58. The van der Waals surface area contributed by atoms with Crippen molar-refractivity contribution in [3.63, 3.8) is 0 Å². The molecule has 0 heterocycles. The highest BCUT2D eigenvalue weighted by Crippen LogP contribution is 2.36. The van der Waals surface area contributed by atoms with Crippen LogP contribution in [0.5, 0.6) is 5.75 Å². The Hall–Kier alpha value is -2.50. The Morgan fingerprint density at radius 1 is 1.09 bits per heavy atom. The van der Waals surface area contributed by atoms with Crippen molar-refractivity contribution in [2.75, 3.05) is 12.4 Å². The Balaban J connectivity index is 2.28. The molecule has 0 saturated heterocycles. The monoisotopic (exact) mass is 309 g/mol. The Kier molecular flexibility index (Phi) is 4.40. The fraction of sp³-hybridized carbons (Fsp3) is 0.188. The molecule has 2 aromatic rings. The van der Waals surface area contributed by atoms with E-state index in [9.17, 15) is 18.0 Å². The first-order chi connectivity index (χ1) is 10.3. The number of anilines is 1. The van der Waals surface area contributed by atoms with Gasteiger partial charge in [0.05, 0.1) is 12.7 Å². The van der Waals surface area contributed by atoms with Crippen molar-refractivity contribution in [1.29, 1.82) is 0 Å². The van der Waals surface area contributed by atoms with Crippen LogP contribution in [0.3, 0.4) is 0 Å². The van der Waals surface area contributed by atoms with Gasteiger partial charge >= 0.3 is 6.18 Å². The summed E-state index contributed by atoms with van der Waals surface area (Å²) in [5, 5.41) is 2.55. The van der Waals surface area contributed by atoms with E-state index in [1.54, 1.807) is 24.3 Å². The van der Waals surface area contributed by atoms with Crippen molar-refractivity contribution in [3.8, 4) is 5.75 Å². The molecule has 0 fully saturated rings. The zero-order valence-electron chi connectivity index (χ0n) is 12.0. The van der Waals surface area contributed by atoms with E-state index in [2.05, 4.69) is 10.1 Å². The summed E-state index contributed by atoms with van der Waals surface area (Å²) in [5.74, 6) is -0.934. The zero-order valence-corrected chi connectivity index (χ0v) is 12.0. The lowest BCUT2D eigenvalue weighted by atomic mass is 10.1. The second-order valence-corrected chi connectivity index (χ2v) is 4.73. The maximum Gasteiger partial charge on any atom is 0.419 e. The number of carbonyl (C=O) groups is 1. The largest absolute Gasteiger partial charge is 0.496 e. The maximum atomic E-state index is 12.9. The smallest absolute Gasteiger partial charge is 0.419 e. The lowest BCUT2D eigenvalue weighted by Gasteiger charge is -2.13. The molecule has 0 aliphatic heterocycles. The molecule has 0 aliphatic rings. The van der Waals surface area contributed by atoms with Crippen LogP contribution in [0.2, 0.25) is 0 Å². The van der Waals surface area contributed by atoms with E-state index in [1.807, 2.05) is 6.92 Å². The number of aryl methyl sites for hydroxylation is 1. The molecule has 0 bridgehead atoms. The number of alkyl halides is 3. The highest BCUT2D eigenvalue weighted by molar-refractivity contribution is 6.04. The number of amides is 1. The molecule has 116 valence electrons. The van der Waals surface area contributed by atoms with E-state index in [4.69, 9.17) is 0 Å². The van der Waals surface area contributed by atoms with Gasteiger partial charge in [-0.05, 0) is 37.3 Å². The number of ether oxygens (including phenoxy) is 1. The highest BCUT2D eigenvalue weighted by atomic mass is 19.4. The van der Waals surface area contributed by atoms with Gasteiger partial charge < -0.3 is 10.1 Å². The van der Waals surface area contributed by atoms with Gasteiger partial charge in [0.2, 0.25) is 0 Å². The topological polar surface area (TPSA) is 38.3 Å². The molecule has 0 unspecified atom stereocenters. The fourth-order valence-electron chi connectivity index (χ4n) is 1.91. The van der Waals surface area contributed by atoms with Crippen LogP contribution in [0.15, 0.2) is 42.5 Å². The Morgan fingerprint density at radius 2 is 1.73 bits per heavy atom. The van der Waals surface area contributed by atoms with Crippen LogP contribution in [-0.2, 0) is 6.18 Å². The maximum absolute atomic E-state index is 12.9. The minimum atomic E-state index is -4.59. The number of hydrogen-bond acceptors (Lipinski definition) is 2. The summed E-state index contributed by atoms with van der Waals surface area (Å²) >= 11 is 0. The van der Waals surface area contributed by atoms with Gasteiger partial charge in [-0.2, -0.15) is 13.2 Å². The van der Waals surface area contributed by atoms with Crippen molar-refractivity contribution in [2.45, 2.75) is 13.1 Å². The predicted molar refractivity (Wildman–Crippen MR) is 77.1 cm³/mol. The van der Waals surface area contributed by atoms with Crippen LogP contribution < -0.4 is 10.1 Å². The second-order valence-electron chi connectivity index (χ2n) is 4.73. The van der Waals surface area contributed by atoms with E-state index in [1.165, 1.54) is 6.07 Å². The molecule has 2 aromatic carbocycles. The number of hydrogen-bond donors (Lipinski definition) is 1. The lowest BCUT2D eigenvalue weighted by Crippen LogP contribution is -2.14. The highest BCUT2D eigenvalue weighted by Gasteiger charge is 2.35. The molecule has 0 aliphatic carbocycles. The average Bonchev–Trinajstić information content (AvgIpc) is 2.48. The van der Waals surface area contributed by atoms with E-state index in [0.717, 1.165) is 24.8 Å². The summed E-state index contributed by atoms with van der Waals surface area (Å²) in [6.45, 7) is 1.89. The summed E-state index contributed by atoms with van der Waals surface area (Å²) < 4.78 is 43.5. The molecule has 22 heavy (non-hydrogen) atoms. The minimum absolute atomic E-state index is 0.0892. The molecule has 0 spiro atoms. The molecule has 1 amide bonds. The summed E-state index contributed by atoms with van der Waals surface area (Å²) in [6.07, 6.45) is -4.59. The SMILES string of the molecule is COc1ccc(C(=O)Nc2ccc(C)cc2)cc1C(F)(F)F. The fourth-order valence-corrected chi connectivity index (χ4v) is 1.91. The number of rotatable bonds is 3. The molecular weight excluding hydrogens is 295 g/mol. The number of halogens is 3. The van der Waals surface area contributed by atoms with Gasteiger partial charge in [0.1, 0.15) is 5.75 Å². The second kappa shape index (κ2) is 6.09. The molecule has 6 heteroatoms. The van der Waals surface area contributed by atoms with Gasteiger partial charge in [-0.3, -0.25) is 4.79 Å². The van der Waals surface area contributed by atoms with E-state index >= 15 is 0 Å². The van der Waals surface area contributed by atoms with Gasteiger partial charge in [0.15, 0.2) is 0 Å². The van der Waals surface area contributed by atoms with Gasteiger partial charge in [0, 0.05) is 11.3 Å². The Morgan fingerprint density at radius 3 is 2.27 bits per heavy atom. The van der Waals surface area contributed by atoms with E-state index in [-0.39, 0.29) is 11.3 Å².